The van der Waals surface area contributed by atoms with Gasteiger partial charge < -0.3 is 20.5 Å². The van der Waals surface area contributed by atoms with Gasteiger partial charge in [0.25, 0.3) is 0 Å². The summed E-state index contributed by atoms with van der Waals surface area (Å²) in [4.78, 5) is 35.8. The van der Waals surface area contributed by atoms with Crippen LogP contribution in [0.25, 0.3) is 11.1 Å². The van der Waals surface area contributed by atoms with Crippen LogP contribution in [0.15, 0.2) is 48.5 Å². The minimum Gasteiger partial charge on any atom is -0.481 e. The molecule has 7 heteroatoms. The second kappa shape index (κ2) is 10.3. The summed E-state index contributed by atoms with van der Waals surface area (Å²) < 4.78 is 5.54. The number of carboxylic acid groups (broad SMARTS) is 1. The lowest BCUT2D eigenvalue weighted by molar-refractivity contribution is -0.137. The van der Waals surface area contributed by atoms with E-state index in [1.807, 2.05) is 31.2 Å². The van der Waals surface area contributed by atoms with Crippen molar-refractivity contribution in [2.45, 2.75) is 51.6 Å². The number of hydrogen-bond acceptors (Lipinski definition) is 4. The molecule has 0 spiro atoms. The van der Waals surface area contributed by atoms with Crippen molar-refractivity contribution in [3.8, 4) is 11.1 Å². The van der Waals surface area contributed by atoms with Gasteiger partial charge in [0.05, 0.1) is 12.3 Å². The molecule has 0 heterocycles. The number of carboxylic acids is 1. The number of carbonyl (C=O) groups is 3. The smallest absolute Gasteiger partial charge is 0.407 e. The van der Waals surface area contributed by atoms with E-state index in [9.17, 15) is 14.4 Å². The second-order valence-corrected chi connectivity index (χ2v) is 8.26. The number of fused-ring (bicyclic) bond motifs is 3. The Bertz CT molecular complexity index is 944. The van der Waals surface area contributed by atoms with Crippen LogP contribution in [0.5, 0.6) is 0 Å². The molecule has 1 aliphatic carbocycles. The highest BCUT2D eigenvalue weighted by Crippen LogP contribution is 2.44. The Morgan fingerprint density at radius 2 is 1.53 bits per heavy atom. The first-order valence-electron chi connectivity index (χ1n) is 11.0. The van der Waals surface area contributed by atoms with E-state index in [4.69, 9.17) is 9.84 Å². The number of nitrogens with one attached hydrogen (secondary N) is 2. The fourth-order valence-electron chi connectivity index (χ4n) is 4.02. The average molecular weight is 439 g/mol. The van der Waals surface area contributed by atoms with Crippen molar-refractivity contribution in [3.63, 3.8) is 0 Å². The first kappa shape index (κ1) is 23.3. The van der Waals surface area contributed by atoms with Crippen LogP contribution in [-0.4, -0.2) is 41.8 Å². The summed E-state index contributed by atoms with van der Waals surface area (Å²) in [5.74, 6) is -1.84. The maximum Gasteiger partial charge on any atom is 0.407 e. The first-order chi connectivity index (χ1) is 15.3. The highest BCUT2D eigenvalue weighted by molar-refractivity contribution is 5.81. The van der Waals surface area contributed by atoms with Crippen LogP contribution < -0.4 is 10.6 Å². The number of benzene rings is 2. The van der Waals surface area contributed by atoms with Crippen LogP contribution in [0.4, 0.5) is 4.79 Å². The Labute approximate surface area is 188 Å². The quantitative estimate of drug-likeness (QED) is 0.550. The third kappa shape index (κ3) is 5.28. The molecule has 3 N–H and O–H groups in total. The number of hydrogen-bond donors (Lipinski definition) is 3. The van der Waals surface area contributed by atoms with Gasteiger partial charge in [0.2, 0.25) is 5.91 Å². The van der Waals surface area contributed by atoms with Gasteiger partial charge in [-0.05, 0) is 35.6 Å². The van der Waals surface area contributed by atoms with E-state index in [0.717, 1.165) is 22.3 Å². The summed E-state index contributed by atoms with van der Waals surface area (Å²) in [6.45, 7) is 5.43. The summed E-state index contributed by atoms with van der Waals surface area (Å²) in [7, 11) is 0. The molecule has 3 atom stereocenters. The molecule has 0 saturated heterocycles. The molecule has 0 aromatic heterocycles. The van der Waals surface area contributed by atoms with Gasteiger partial charge in [-0.2, -0.15) is 0 Å². The van der Waals surface area contributed by atoms with Crippen LogP contribution in [0, 0.1) is 5.92 Å². The third-order valence-electron chi connectivity index (χ3n) is 6.11. The largest absolute Gasteiger partial charge is 0.481 e. The molecule has 0 radical (unpaired) electrons. The molecule has 3 rings (SSSR count). The number of ether oxygens (including phenoxy) is 1. The minimum atomic E-state index is -0.963. The number of carbonyl (C=O) groups excluding carboxylic acids is 2. The van der Waals surface area contributed by atoms with Crippen molar-refractivity contribution in [1.29, 1.82) is 0 Å². The first-order valence-corrected chi connectivity index (χ1v) is 11.0. The van der Waals surface area contributed by atoms with E-state index in [2.05, 4.69) is 34.9 Å². The maximum absolute atomic E-state index is 12.5. The van der Waals surface area contributed by atoms with Gasteiger partial charge in [-0.3, -0.25) is 9.59 Å². The number of alkyl carbamates (subject to hydrolysis) is 1. The van der Waals surface area contributed by atoms with Crippen molar-refractivity contribution in [2.75, 3.05) is 6.61 Å². The zero-order chi connectivity index (χ0) is 23.3. The molecule has 32 heavy (non-hydrogen) atoms. The van der Waals surface area contributed by atoms with Gasteiger partial charge in [-0.25, -0.2) is 4.79 Å². The molecular weight excluding hydrogens is 408 g/mol. The van der Waals surface area contributed by atoms with E-state index in [1.54, 1.807) is 13.8 Å². The number of rotatable bonds is 9. The summed E-state index contributed by atoms with van der Waals surface area (Å²) in [5.41, 5.74) is 4.57. The Balaban J connectivity index is 1.56. The third-order valence-corrected chi connectivity index (χ3v) is 6.11. The molecule has 3 unspecified atom stereocenters. The standard InChI is InChI=1S/C25H30N2O5/c1-4-17(13-23(28)29)27-24(30)15(2)16(3)26-25(31)32-14-22-20-11-7-5-9-18(20)19-10-6-8-12-21(19)22/h5-12,15-17,22H,4,13-14H2,1-3H3,(H,26,31)(H,27,30)(H,28,29). The van der Waals surface area contributed by atoms with Crippen molar-refractivity contribution in [2.24, 2.45) is 5.92 Å². The van der Waals surface area contributed by atoms with Gasteiger partial charge >= 0.3 is 12.1 Å². The van der Waals surface area contributed by atoms with E-state index in [-0.39, 0.29) is 24.9 Å². The maximum atomic E-state index is 12.5. The van der Waals surface area contributed by atoms with Crippen molar-refractivity contribution < 1.29 is 24.2 Å². The van der Waals surface area contributed by atoms with Crippen LogP contribution in [0.1, 0.15) is 50.7 Å². The Morgan fingerprint density at radius 1 is 0.969 bits per heavy atom. The molecule has 170 valence electrons. The van der Waals surface area contributed by atoms with E-state index in [1.165, 1.54) is 0 Å². The second-order valence-electron chi connectivity index (χ2n) is 8.26. The minimum absolute atomic E-state index is 0.0366. The summed E-state index contributed by atoms with van der Waals surface area (Å²) >= 11 is 0. The van der Waals surface area contributed by atoms with Crippen LogP contribution in [0.2, 0.25) is 0 Å². The highest BCUT2D eigenvalue weighted by Gasteiger charge is 2.30. The summed E-state index contributed by atoms with van der Waals surface area (Å²) in [6.07, 6.45) is -0.209. The van der Waals surface area contributed by atoms with Crippen LogP contribution >= 0.6 is 0 Å². The van der Waals surface area contributed by atoms with Gasteiger partial charge in [-0.1, -0.05) is 62.4 Å². The molecule has 1 aliphatic rings. The molecule has 0 fully saturated rings. The zero-order valence-corrected chi connectivity index (χ0v) is 18.6. The van der Waals surface area contributed by atoms with Gasteiger partial charge in [0, 0.05) is 18.0 Å². The number of amides is 2. The molecule has 0 saturated carbocycles. The molecule has 2 aromatic carbocycles. The van der Waals surface area contributed by atoms with Crippen LogP contribution in [0.3, 0.4) is 0 Å². The molecule has 7 nitrogen and oxygen atoms in total. The van der Waals surface area contributed by atoms with E-state index >= 15 is 0 Å². The summed E-state index contributed by atoms with van der Waals surface area (Å²) in [5, 5.41) is 14.4. The van der Waals surface area contributed by atoms with E-state index < -0.39 is 30.1 Å². The predicted molar refractivity (Wildman–Crippen MR) is 121 cm³/mol. The SMILES string of the molecule is CCC(CC(=O)O)NC(=O)C(C)C(C)NC(=O)OCC1c2ccccc2-c2ccccc21. The molecular formula is C25H30N2O5. The molecule has 0 bridgehead atoms. The van der Waals surface area contributed by atoms with Crippen molar-refractivity contribution in [3.05, 3.63) is 59.7 Å². The predicted octanol–water partition coefficient (Wildman–Crippen LogP) is 3.92. The van der Waals surface area contributed by atoms with Gasteiger partial charge in [0.15, 0.2) is 0 Å². The Morgan fingerprint density at radius 3 is 2.06 bits per heavy atom. The fourth-order valence-corrected chi connectivity index (χ4v) is 4.02. The lowest BCUT2D eigenvalue weighted by Crippen LogP contribution is -2.47. The van der Waals surface area contributed by atoms with Crippen molar-refractivity contribution >= 4 is 18.0 Å². The topological polar surface area (TPSA) is 105 Å². The molecule has 2 amide bonds. The fraction of sp³-hybridized carbons (Fsp3) is 0.400. The Kier molecular flexibility index (Phi) is 7.51. The zero-order valence-electron chi connectivity index (χ0n) is 18.6. The molecule has 0 aliphatic heterocycles. The van der Waals surface area contributed by atoms with Crippen molar-refractivity contribution in [1.82, 2.24) is 10.6 Å². The van der Waals surface area contributed by atoms with E-state index in [0.29, 0.717) is 6.42 Å². The lowest BCUT2D eigenvalue weighted by Gasteiger charge is -2.23. The average Bonchev–Trinajstić information content (AvgIpc) is 3.10. The molecule has 2 aromatic rings. The van der Waals surface area contributed by atoms with Gasteiger partial charge in [0.1, 0.15) is 6.61 Å². The normalized spacial score (nSPS) is 15.1. The summed E-state index contributed by atoms with van der Waals surface area (Å²) in [6, 6.07) is 15.3. The highest BCUT2D eigenvalue weighted by atomic mass is 16.5. The number of aliphatic carboxylic acids is 1. The monoisotopic (exact) mass is 438 g/mol. The Hall–Kier alpha value is -3.35. The van der Waals surface area contributed by atoms with Crippen LogP contribution in [-0.2, 0) is 14.3 Å². The lowest BCUT2D eigenvalue weighted by atomic mass is 9.98. The van der Waals surface area contributed by atoms with Gasteiger partial charge in [-0.15, -0.1) is 0 Å².